The molecule has 1 aliphatic rings. The number of ether oxygens (including phenoxy) is 1. The van der Waals surface area contributed by atoms with Crippen LogP contribution in [-0.4, -0.2) is 24.0 Å². The van der Waals surface area contributed by atoms with Gasteiger partial charge in [-0.2, -0.15) is 13.2 Å². The number of hydrogen-bond donors (Lipinski definition) is 1. The highest BCUT2D eigenvalue weighted by molar-refractivity contribution is 5.90. The second-order valence-corrected chi connectivity index (χ2v) is 6.07. The van der Waals surface area contributed by atoms with Crippen LogP contribution in [0.5, 0.6) is 0 Å². The number of halogens is 3. The Morgan fingerprint density at radius 1 is 1.23 bits per heavy atom. The quantitative estimate of drug-likeness (QED) is 0.817. The van der Waals surface area contributed by atoms with E-state index in [0.29, 0.717) is 0 Å². The van der Waals surface area contributed by atoms with Gasteiger partial charge >= 0.3 is 12.1 Å². The van der Waals surface area contributed by atoms with E-state index in [2.05, 4.69) is 5.32 Å². The van der Waals surface area contributed by atoms with Crippen molar-refractivity contribution in [1.82, 2.24) is 5.32 Å². The Bertz CT molecular complexity index is 824. The second-order valence-electron chi connectivity index (χ2n) is 6.07. The number of carbonyl (C=O) groups is 2. The minimum absolute atomic E-state index is 0.0955. The fourth-order valence-electron chi connectivity index (χ4n) is 2.27. The fourth-order valence-corrected chi connectivity index (χ4v) is 2.27. The van der Waals surface area contributed by atoms with Crippen molar-refractivity contribution in [3.05, 3.63) is 47.7 Å². The first-order valence-electron chi connectivity index (χ1n) is 8.03. The molecule has 5 nitrogen and oxygen atoms in total. The first kappa shape index (κ1) is 18.0. The van der Waals surface area contributed by atoms with Gasteiger partial charge in [0.05, 0.1) is 5.56 Å². The Labute approximate surface area is 147 Å². The molecule has 0 radical (unpaired) electrons. The van der Waals surface area contributed by atoms with Crippen molar-refractivity contribution >= 4 is 11.9 Å². The van der Waals surface area contributed by atoms with Crippen LogP contribution >= 0.6 is 0 Å². The first-order valence-corrected chi connectivity index (χ1v) is 8.03. The van der Waals surface area contributed by atoms with Crippen LogP contribution in [0.3, 0.4) is 0 Å². The summed E-state index contributed by atoms with van der Waals surface area (Å²) < 4.78 is 48.7. The van der Waals surface area contributed by atoms with Crippen LogP contribution in [0, 0.1) is 0 Å². The Morgan fingerprint density at radius 3 is 2.62 bits per heavy atom. The lowest BCUT2D eigenvalue weighted by atomic mass is 10.1. The number of rotatable bonds is 5. The predicted molar refractivity (Wildman–Crippen MR) is 85.2 cm³/mol. The van der Waals surface area contributed by atoms with E-state index in [-0.39, 0.29) is 23.1 Å². The zero-order valence-electron chi connectivity index (χ0n) is 13.8. The summed E-state index contributed by atoms with van der Waals surface area (Å²) in [5.41, 5.74) is -0.640. The number of benzene rings is 1. The minimum Gasteiger partial charge on any atom is -0.449 e. The van der Waals surface area contributed by atoms with Crippen LogP contribution in [-0.2, 0) is 15.7 Å². The molecule has 0 spiro atoms. The Morgan fingerprint density at radius 2 is 1.96 bits per heavy atom. The molecule has 1 saturated carbocycles. The van der Waals surface area contributed by atoms with Crippen LogP contribution in [0.1, 0.15) is 35.9 Å². The Balaban J connectivity index is 1.69. The molecule has 0 saturated heterocycles. The minimum atomic E-state index is -4.48. The molecule has 1 aromatic carbocycles. The van der Waals surface area contributed by atoms with E-state index < -0.39 is 29.7 Å². The highest BCUT2D eigenvalue weighted by atomic mass is 19.4. The van der Waals surface area contributed by atoms with Crippen LogP contribution in [0.4, 0.5) is 13.2 Å². The van der Waals surface area contributed by atoms with Gasteiger partial charge in [-0.1, -0.05) is 12.1 Å². The Kier molecular flexibility index (Phi) is 4.76. The summed E-state index contributed by atoms with van der Waals surface area (Å²) in [6, 6.07) is 7.38. The van der Waals surface area contributed by atoms with Gasteiger partial charge in [0.1, 0.15) is 5.76 Å². The number of nitrogens with one attached hydrogen (secondary N) is 1. The highest BCUT2D eigenvalue weighted by Gasteiger charge is 2.31. The van der Waals surface area contributed by atoms with Crippen molar-refractivity contribution in [2.45, 2.75) is 38.1 Å². The molecule has 2 aromatic rings. The molecular weight excluding hydrogens is 351 g/mol. The highest BCUT2D eigenvalue weighted by Crippen LogP contribution is 2.32. The van der Waals surface area contributed by atoms with Gasteiger partial charge in [0.15, 0.2) is 6.10 Å². The SMILES string of the molecule is C[C@@H](OC(=O)c1ccc(-c2cccc(C(F)(F)F)c2)o1)C(=O)NC1CC1. The summed E-state index contributed by atoms with van der Waals surface area (Å²) in [6.45, 7) is 1.44. The van der Waals surface area contributed by atoms with E-state index in [4.69, 9.17) is 9.15 Å². The smallest absolute Gasteiger partial charge is 0.416 e. The molecule has 0 unspecified atom stereocenters. The third-order valence-corrected chi connectivity index (χ3v) is 3.86. The molecule has 138 valence electrons. The van der Waals surface area contributed by atoms with Crippen molar-refractivity contribution in [3.8, 4) is 11.3 Å². The van der Waals surface area contributed by atoms with E-state index in [1.807, 2.05) is 0 Å². The third-order valence-electron chi connectivity index (χ3n) is 3.86. The largest absolute Gasteiger partial charge is 0.449 e. The van der Waals surface area contributed by atoms with E-state index in [1.165, 1.54) is 31.2 Å². The monoisotopic (exact) mass is 367 g/mol. The molecule has 1 aromatic heterocycles. The average Bonchev–Trinajstić information content (AvgIpc) is 3.25. The standard InChI is InChI=1S/C18H16F3NO4/c1-10(16(23)22-13-5-6-13)25-17(24)15-8-7-14(26-15)11-3-2-4-12(9-11)18(19,20)21/h2-4,7-10,13H,5-6H2,1H3,(H,22,23)/t10-/m1/s1. The summed E-state index contributed by atoms with van der Waals surface area (Å²) in [5.74, 6) is -1.35. The van der Waals surface area contributed by atoms with Crippen molar-refractivity contribution in [2.75, 3.05) is 0 Å². The zero-order chi connectivity index (χ0) is 18.9. The third kappa shape index (κ3) is 4.25. The van der Waals surface area contributed by atoms with Crippen LogP contribution in [0.25, 0.3) is 11.3 Å². The van der Waals surface area contributed by atoms with Crippen molar-refractivity contribution in [2.24, 2.45) is 0 Å². The summed E-state index contributed by atoms with van der Waals surface area (Å²) >= 11 is 0. The maximum absolute atomic E-state index is 12.8. The van der Waals surface area contributed by atoms with Gasteiger partial charge in [0.2, 0.25) is 5.76 Å². The lowest BCUT2D eigenvalue weighted by molar-refractivity contribution is -0.137. The molecule has 26 heavy (non-hydrogen) atoms. The number of esters is 1. The molecule has 1 N–H and O–H groups in total. The maximum atomic E-state index is 12.8. The number of hydrogen-bond acceptors (Lipinski definition) is 4. The predicted octanol–water partition coefficient (Wildman–Crippen LogP) is 3.79. The molecular formula is C18H16F3NO4. The summed E-state index contributed by atoms with van der Waals surface area (Å²) in [7, 11) is 0. The lowest BCUT2D eigenvalue weighted by Gasteiger charge is -2.12. The van der Waals surface area contributed by atoms with Gasteiger partial charge in [0.25, 0.3) is 5.91 Å². The Hall–Kier alpha value is -2.77. The zero-order valence-corrected chi connectivity index (χ0v) is 13.8. The normalized spacial score (nSPS) is 15.4. The molecule has 1 heterocycles. The van der Waals surface area contributed by atoms with Gasteiger partial charge in [-0.25, -0.2) is 4.79 Å². The van der Waals surface area contributed by atoms with E-state index in [1.54, 1.807) is 0 Å². The molecule has 1 aliphatic carbocycles. The van der Waals surface area contributed by atoms with Gasteiger partial charge in [-0.3, -0.25) is 4.79 Å². The van der Waals surface area contributed by atoms with Crippen LogP contribution < -0.4 is 5.32 Å². The molecule has 8 heteroatoms. The lowest BCUT2D eigenvalue weighted by Crippen LogP contribution is -2.37. The molecule has 1 amide bonds. The van der Waals surface area contributed by atoms with Crippen LogP contribution in [0.15, 0.2) is 40.8 Å². The van der Waals surface area contributed by atoms with Crippen molar-refractivity contribution in [1.29, 1.82) is 0 Å². The van der Waals surface area contributed by atoms with Gasteiger partial charge in [-0.15, -0.1) is 0 Å². The summed E-state index contributed by atoms with van der Waals surface area (Å²) in [4.78, 5) is 23.8. The number of furan rings is 1. The van der Waals surface area contributed by atoms with E-state index in [0.717, 1.165) is 25.0 Å². The molecule has 3 rings (SSSR count). The van der Waals surface area contributed by atoms with Gasteiger partial charge < -0.3 is 14.5 Å². The summed E-state index contributed by atoms with van der Waals surface area (Å²) in [5, 5.41) is 2.71. The topological polar surface area (TPSA) is 68.5 Å². The van der Waals surface area contributed by atoms with Crippen molar-refractivity contribution in [3.63, 3.8) is 0 Å². The second kappa shape index (κ2) is 6.86. The fraction of sp³-hybridized carbons (Fsp3) is 0.333. The van der Waals surface area contributed by atoms with Crippen molar-refractivity contribution < 1.29 is 31.9 Å². The van der Waals surface area contributed by atoms with Crippen LogP contribution in [0.2, 0.25) is 0 Å². The van der Waals surface area contributed by atoms with E-state index >= 15 is 0 Å². The number of amides is 1. The molecule has 0 bridgehead atoms. The van der Waals surface area contributed by atoms with E-state index in [9.17, 15) is 22.8 Å². The average molecular weight is 367 g/mol. The molecule has 1 fully saturated rings. The number of alkyl halides is 3. The first-order chi connectivity index (χ1) is 12.2. The number of carbonyl (C=O) groups excluding carboxylic acids is 2. The van der Waals surface area contributed by atoms with Gasteiger partial charge in [-0.05, 0) is 44.0 Å². The van der Waals surface area contributed by atoms with Gasteiger partial charge in [0, 0.05) is 11.6 Å². The maximum Gasteiger partial charge on any atom is 0.416 e. The molecule has 1 atom stereocenters. The molecule has 0 aliphatic heterocycles. The summed E-state index contributed by atoms with van der Waals surface area (Å²) in [6.07, 6.45) is -3.66.